The predicted octanol–water partition coefficient (Wildman–Crippen LogP) is 4.67. The van der Waals surface area contributed by atoms with Crippen LogP contribution in [0.25, 0.3) is 0 Å². The molecule has 0 saturated carbocycles. The van der Waals surface area contributed by atoms with Gasteiger partial charge in [0.25, 0.3) is 5.69 Å². The lowest BCUT2D eigenvalue weighted by Crippen LogP contribution is -2.36. The summed E-state index contributed by atoms with van der Waals surface area (Å²) in [6.45, 7) is 0.0872. The molecule has 0 unspecified atom stereocenters. The second-order valence-corrected chi connectivity index (χ2v) is 8.85. The number of nitro groups is 1. The Morgan fingerprint density at radius 2 is 2.09 bits per heavy atom. The lowest BCUT2D eigenvalue weighted by molar-refractivity contribution is -0.384. The van der Waals surface area contributed by atoms with Crippen molar-refractivity contribution < 1.29 is 14.5 Å². The molecule has 2 aromatic rings. The highest BCUT2D eigenvalue weighted by Gasteiger charge is 2.39. The van der Waals surface area contributed by atoms with Gasteiger partial charge in [-0.2, -0.15) is 5.26 Å². The number of halogens is 1. The first-order chi connectivity index (χ1) is 15.8. The average Bonchev–Trinajstić information content (AvgIpc) is 2.80. The number of carbonyl (C=O) groups is 1. The number of benzene rings is 2. The first kappa shape index (κ1) is 22.6. The van der Waals surface area contributed by atoms with Crippen LogP contribution in [0.1, 0.15) is 36.3 Å². The summed E-state index contributed by atoms with van der Waals surface area (Å²) in [4.78, 5) is 25.4. The van der Waals surface area contributed by atoms with Crippen molar-refractivity contribution in [3.8, 4) is 11.8 Å². The first-order valence-corrected chi connectivity index (χ1v) is 11.2. The van der Waals surface area contributed by atoms with Crippen LogP contribution >= 0.6 is 15.9 Å². The zero-order chi connectivity index (χ0) is 23.7. The number of Topliss-reactive ketones (excluding diaryl/α,β-unsaturated/α-hetero) is 1. The van der Waals surface area contributed by atoms with Crippen LogP contribution in [0.4, 0.5) is 5.69 Å². The Bertz CT molecular complexity index is 1260. The maximum atomic E-state index is 13.0. The number of ether oxygens (including phenoxy) is 1. The van der Waals surface area contributed by atoms with Crippen molar-refractivity contribution in [1.29, 1.82) is 5.26 Å². The minimum Gasteiger partial charge on any atom is -0.489 e. The summed E-state index contributed by atoms with van der Waals surface area (Å²) in [7, 11) is 1.78. The van der Waals surface area contributed by atoms with Crippen molar-refractivity contribution in [2.75, 3.05) is 7.05 Å². The van der Waals surface area contributed by atoms with E-state index < -0.39 is 10.8 Å². The van der Waals surface area contributed by atoms with E-state index in [2.05, 4.69) is 22.0 Å². The molecule has 1 aliphatic heterocycles. The highest BCUT2D eigenvalue weighted by molar-refractivity contribution is 9.10. The van der Waals surface area contributed by atoms with Crippen molar-refractivity contribution >= 4 is 27.4 Å². The second-order valence-electron chi connectivity index (χ2n) is 7.94. The molecule has 168 valence electrons. The monoisotopic (exact) mass is 508 g/mol. The normalized spacial score (nSPS) is 18.2. The molecule has 0 bridgehead atoms. The van der Waals surface area contributed by atoms with E-state index in [1.807, 2.05) is 6.07 Å². The van der Waals surface area contributed by atoms with Crippen molar-refractivity contribution in [3.05, 3.63) is 90.8 Å². The van der Waals surface area contributed by atoms with Gasteiger partial charge in [-0.25, -0.2) is 0 Å². The molecular weight excluding hydrogens is 488 g/mol. The Morgan fingerprint density at radius 3 is 2.82 bits per heavy atom. The van der Waals surface area contributed by atoms with Crippen LogP contribution in [0, 0.1) is 21.4 Å². The third kappa shape index (κ3) is 4.22. The number of nitriles is 1. The summed E-state index contributed by atoms with van der Waals surface area (Å²) in [5, 5.41) is 21.1. The van der Waals surface area contributed by atoms with Gasteiger partial charge >= 0.3 is 0 Å². The molecule has 33 heavy (non-hydrogen) atoms. The Kier molecular flexibility index (Phi) is 6.20. The minimum atomic E-state index is -0.647. The van der Waals surface area contributed by atoms with Gasteiger partial charge in [0.15, 0.2) is 5.78 Å². The molecular formula is C24H21BrN4O4. The summed E-state index contributed by atoms with van der Waals surface area (Å²) < 4.78 is 6.84. The number of nitro benzene ring substituents is 1. The smallest absolute Gasteiger partial charge is 0.269 e. The Morgan fingerprint density at radius 1 is 1.30 bits per heavy atom. The van der Waals surface area contributed by atoms with Crippen LogP contribution in [0.2, 0.25) is 0 Å². The first-order valence-electron chi connectivity index (χ1n) is 10.4. The molecule has 9 heteroatoms. The number of rotatable bonds is 5. The Labute approximate surface area is 199 Å². The summed E-state index contributed by atoms with van der Waals surface area (Å²) in [5.41, 5.74) is 9.29. The minimum absolute atomic E-state index is 0.00189. The van der Waals surface area contributed by atoms with Crippen LogP contribution < -0.4 is 10.5 Å². The van der Waals surface area contributed by atoms with Crippen LogP contribution in [0.15, 0.2) is 69.6 Å². The van der Waals surface area contributed by atoms with Crippen molar-refractivity contribution in [2.24, 2.45) is 5.73 Å². The van der Waals surface area contributed by atoms with Gasteiger partial charge in [-0.3, -0.25) is 14.9 Å². The maximum Gasteiger partial charge on any atom is 0.269 e. The van der Waals surface area contributed by atoms with Gasteiger partial charge in [0.2, 0.25) is 0 Å². The number of ketones is 1. The SMILES string of the molecule is CN1C(N)=C(C#N)[C@@H](c2cc(Br)ccc2OCc2cccc([N+](=O)[O-])c2)C2=C1CCCC2=O. The molecule has 1 aliphatic carbocycles. The molecule has 8 nitrogen and oxygen atoms in total. The van der Waals surface area contributed by atoms with E-state index >= 15 is 0 Å². The van der Waals surface area contributed by atoms with Gasteiger partial charge in [0, 0.05) is 46.9 Å². The number of nitrogens with two attached hydrogens (primary N) is 1. The number of carbonyl (C=O) groups excluding carboxylic acids is 1. The van der Waals surface area contributed by atoms with Gasteiger partial charge in [0.1, 0.15) is 18.2 Å². The lowest BCUT2D eigenvalue weighted by Gasteiger charge is -2.38. The topological polar surface area (TPSA) is 122 Å². The highest BCUT2D eigenvalue weighted by Crippen LogP contribution is 2.47. The summed E-state index contributed by atoms with van der Waals surface area (Å²) >= 11 is 3.48. The molecule has 0 spiro atoms. The number of hydrogen-bond acceptors (Lipinski definition) is 7. The van der Waals surface area contributed by atoms with Crippen LogP contribution in [-0.2, 0) is 11.4 Å². The fourth-order valence-electron chi connectivity index (χ4n) is 4.37. The molecule has 0 aromatic heterocycles. The zero-order valence-corrected chi connectivity index (χ0v) is 19.5. The van der Waals surface area contributed by atoms with Crippen molar-refractivity contribution in [2.45, 2.75) is 31.8 Å². The van der Waals surface area contributed by atoms with E-state index in [9.17, 15) is 20.2 Å². The van der Waals surface area contributed by atoms with Gasteiger partial charge < -0.3 is 15.4 Å². The van der Waals surface area contributed by atoms with Gasteiger partial charge in [-0.1, -0.05) is 28.1 Å². The highest BCUT2D eigenvalue weighted by atomic mass is 79.9. The van der Waals surface area contributed by atoms with E-state index in [1.54, 1.807) is 36.2 Å². The van der Waals surface area contributed by atoms with Crippen LogP contribution in [0.3, 0.4) is 0 Å². The van der Waals surface area contributed by atoms with E-state index in [0.29, 0.717) is 46.7 Å². The maximum absolute atomic E-state index is 13.0. The summed E-state index contributed by atoms with van der Waals surface area (Å²) in [5.74, 6) is 0.148. The standard InChI is InChI=1S/C24H21BrN4O4/c1-28-19-6-3-7-20(30)23(19)22(18(12-26)24(28)27)17-11-15(25)8-9-21(17)33-13-14-4-2-5-16(10-14)29(31)32/h2,4-5,8-11,22H,3,6-7,13,27H2,1H3/t22-/m1/s1. The van der Waals surface area contributed by atoms with E-state index in [0.717, 1.165) is 16.6 Å². The van der Waals surface area contributed by atoms with Gasteiger partial charge in [-0.05, 0) is 36.6 Å². The molecule has 2 aromatic carbocycles. The van der Waals surface area contributed by atoms with E-state index in [4.69, 9.17) is 10.5 Å². The largest absolute Gasteiger partial charge is 0.489 e. The number of allylic oxidation sites excluding steroid dienone is 3. The van der Waals surface area contributed by atoms with Gasteiger partial charge in [-0.15, -0.1) is 0 Å². The van der Waals surface area contributed by atoms with Crippen LogP contribution in [0.5, 0.6) is 5.75 Å². The quantitative estimate of drug-likeness (QED) is 0.459. The Hall–Kier alpha value is -3.64. The van der Waals surface area contributed by atoms with E-state index in [1.165, 1.54) is 12.1 Å². The van der Waals surface area contributed by atoms with Gasteiger partial charge in [0.05, 0.1) is 22.5 Å². The predicted molar refractivity (Wildman–Crippen MR) is 125 cm³/mol. The fourth-order valence-corrected chi connectivity index (χ4v) is 4.75. The second kappa shape index (κ2) is 9.08. The van der Waals surface area contributed by atoms with E-state index in [-0.39, 0.29) is 18.1 Å². The Balaban J connectivity index is 1.78. The number of non-ortho nitro benzene ring substituents is 1. The number of nitrogens with zero attached hydrogens (tertiary/aromatic N) is 3. The molecule has 1 atom stereocenters. The number of hydrogen-bond donors (Lipinski definition) is 1. The summed E-state index contributed by atoms with van der Waals surface area (Å²) in [6, 6.07) is 13.8. The molecule has 1 heterocycles. The third-order valence-electron chi connectivity index (χ3n) is 5.97. The molecule has 0 fully saturated rings. The van der Waals surface area contributed by atoms with Crippen molar-refractivity contribution in [3.63, 3.8) is 0 Å². The van der Waals surface area contributed by atoms with Crippen molar-refractivity contribution in [1.82, 2.24) is 4.90 Å². The summed E-state index contributed by atoms with van der Waals surface area (Å²) in [6.07, 6.45) is 1.85. The molecule has 4 rings (SSSR count). The third-order valence-corrected chi connectivity index (χ3v) is 6.46. The van der Waals surface area contributed by atoms with Crippen LogP contribution in [-0.4, -0.2) is 22.7 Å². The average molecular weight is 509 g/mol. The molecule has 0 radical (unpaired) electrons. The molecule has 0 amide bonds. The molecule has 2 aliphatic rings. The lowest BCUT2D eigenvalue weighted by atomic mass is 9.75. The molecule has 2 N–H and O–H groups in total. The zero-order valence-electron chi connectivity index (χ0n) is 17.9. The fraction of sp³-hybridized carbons (Fsp3) is 0.250. The molecule has 0 saturated heterocycles.